The van der Waals surface area contributed by atoms with Crippen LogP contribution in [0.3, 0.4) is 0 Å². The predicted molar refractivity (Wildman–Crippen MR) is 115 cm³/mol. The molecule has 1 saturated heterocycles. The summed E-state index contributed by atoms with van der Waals surface area (Å²) < 4.78 is 16.6. The summed E-state index contributed by atoms with van der Waals surface area (Å²) in [4.78, 5) is 26.9. The molecule has 2 aliphatic rings. The number of hydrogen-bond donors (Lipinski definition) is 2. The van der Waals surface area contributed by atoms with Gasteiger partial charge in [0, 0.05) is 30.4 Å². The molecular formula is C23H29N3O5. The highest BCUT2D eigenvalue weighted by Crippen LogP contribution is 2.32. The summed E-state index contributed by atoms with van der Waals surface area (Å²) in [6.07, 6.45) is 1.97. The molecule has 2 aromatic rings. The first-order valence-corrected chi connectivity index (χ1v) is 10.7. The fourth-order valence-electron chi connectivity index (χ4n) is 4.06. The highest BCUT2D eigenvalue weighted by molar-refractivity contribution is 6.39. The summed E-state index contributed by atoms with van der Waals surface area (Å²) in [6.45, 7) is 8.26. The molecule has 0 spiro atoms. The molecule has 2 N–H and O–H groups in total. The van der Waals surface area contributed by atoms with Crippen LogP contribution in [0.2, 0.25) is 0 Å². The van der Waals surface area contributed by atoms with Crippen LogP contribution in [0.4, 0.5) is 5.69 Å². The van der Waals surface area contributed by atoms with Gasteiger partial charge < -0.3 is 24.5 Å². The van der Waals surface area contributed by atoms with Gasteiger partial charge in [-0.3, -0.25) is 14.5 Å². The van der Waals surface area contributed by atoms with Crippen LogP contribution >= 0.6 is 0 Å². The number of hydrogen-bond acceptors (Lipinski definition) is 6. The Kier molecular flexibility index (Phi) is 6.46. The fourth-order valence-corrected chi connectivity index (χ4v) is 4.06. The van der Waals surface area contributed by atoms with Gasteiger partial charge in [-0.05, 0) is 63.9 Å². The number of amides is 2. The monoisotopic (exact) mass is 427 g/mol. The van der Waals surface area contributed by atoms with Gasteiger partial charge in [0.25, 0.3) is 0 Å². The number of furan rings is 1. The van der Waals surface area contributed by atoms with E-state index in [0.717, 1.165) is 44.0 Å². The van der Waals surface area contributed by atoms with Crippen molar-refractivity contribution >= 4 is 17.5 Å². The van der Waals surface area contributed by atoms with Crippen LogP contribution in [-0.4, -0.2) is 49.6 Å². The number of likely N-dealkylation sites (tertiary alicyclic amines) is 1. The predicted octanol–water partition coefficient (Wildman–Crippen LogP) is 2.63. The molecule has 0 radical (unpaired) electrons. The lowest BCUT2D eigenvalue weighted by molar-refractivity contribution is -0.136. The normalized spacial score (nSPS) is 16.7. The van der Waals surface area contributed by atoms with Crippen LogP contribution in [0.25, 0.3) is 0 Å². The van der Waals surface area contributed by atoms with Crippen molar-refractivity contribution in [3.8, 4) is 11.5 Å². The van der Waals surface area contributed by atoms with Crippen molar-refractivity contribution in [3.05, 3.63) is 41.3 Å². The average Bonchev–Trinajstić information content (AvgIpc) is 3.09. The first-order chi connectivity index (χ1) is 15.0. The summed E-state index contributed by atoms with van der Waals surface area (Å²) in [5.41, 5.74) is 1.74. The van der Waals surface area contributed by atoms with Gasteiger partial charge in [0.05, 0.1) is 0 Å². The fraction of sp³-hybridized carbons (Fsp3) is 0.478. The van der Waals surface area contributed by atoms with Crippen molar-refractivity contribution in [1.82, 2.24) is 10.2 Å². The summed E-state index contributed by atoms with van der Waals surface area (Å²) >= 11 is 0. The quantitative estimate of drug-likeness (QED) is 0.713. The van der Waals surface area contributed by atoms with Crippen molar-refractivity contribution in [2.45, 2.75) is 33.2 Å². The number of nitrogens with zero attached hydrogens (tertiary/aromatic N) is 1. The summed E-state index contributed by atoms with van der Waals surface area (Å²) in [7, 11) is 0. The zero-order chi connectivity index (χ0) is 21.8. The van der Waals surface area contributed by atoms with Gasteiger partial charge >= 0.3 is 11.8 Å². The number of ether oxygens (including phenoxy) is 2. The van der Waals surface area contributed by atoms with E-state index in [1.165, 1.54) is 5.56 Å². The smallest absolute Gasteiger partial charge is 0.313 e. The van der Waals surface area contributed by atoms with Crippen LogP contribution in [0.1, 0.15) is 29.9 Å². The Bertz CT molecular complexity index is 947. The molecule has 166 valence electrons. The number of piperidine rings is 1. The molecule has 0 bridgehead atoms. The van der Waals surface area contributed by atoms with E-state index in [0.29, 0.717) is 42.9 Å². The second-order valence-electron chi connectivity index (χ2n) is 8.18. The molecule has 8 heteroatoms. The van der Waals surface area contributed by atoms with E-state index in [4.69, 9.17) is 13.9 Å². The van der Waals surface area contributed by atoms with Gasteiger partial charge in [-0.25, -0.2) is 0 Å². The minimum atomic E-state index is -0.681. The summed E-state index contributed by atoms with van der Waals surface area (Å²) in [6, 6.07) is 7.18. The van der Waals surface area contributed by atoms with E-state index >= 15 is 0 Å². The van der Waals surface area contributed by atoms with Crippen LogP contribution < -0.4 is 20.1 Å². The van der Waals surface area contributed by atoms with Crippen LogP contribution in [0.5, 0.6) is 11.5 Å². The maximum Gasteiger partial charge on any atom is 0.313 e. The van der Waals surface area contributed by atoms with Crippen LogP contribution in [-0.2, 0) is 16.1 Å². The van der Waals surface area contributed by atoms with Gasteiger partial charge in [0.1, 0.15) is 24.7 Å². The van der Waals surface area contributed by atoms with E-state index in [1.807, 2.05) is 13.8 Å². The van der Waals surface area contributed by atoms with Crippen LogP contribution in [0.15, 0.2) is 28.7 Å². The lowest BCUT2D eigenvalue weighted by Crippen LogP contribution is -2.41. The molecule has 2 amide bonds. The summed E-state index contributed by atoms with van der Waals surface area (Å²) in [5.74, 6) is 2.20. The maximum atomic E-state index is 12.2. The lowest BCUT2D eigenvalue weighted by atomic mass is 9.96. The number of aryl methyl sites for hydroxylation is 2. The van der Waals surface area contributed by atoms with Crippen molar-refractivity contribution in [2.24, 2.45) is 5.92 Å². The maximum absolute atomic E-state index is 12.2. The molecule has 3 heterocycles. The number of anilines is 1. The molecule has 2 aliphatic heterocycles. The second kappa shape index (κ2) is 9.43. The number of fused-ring (bicyclic) bond motifs is 1. The topological polar surface area (TPSA) is 93.0 Å². The SMILES string of the molecule is Cc1cc(CN2CCC(CNC(=O)C(=O)Nc3ccc4c(c3)OCCO4)CC2)c(C)o1. The molecule has 1 aromatic heterocycles. The molecule has 1 fully saturated rings. The van der Waals surface area contributed by atoms with Gasteiger partial charge in [-0.1, -0.05) is 0 Å². The van der Waals surface area contributed by atoms with Crippen molar-refractivity contribution in [2.75, 3.05) is 38.2 Å². The molecule has 1 aromatic carbocycles. The zero-order valence-electron chi connectivity index (χ0n) is 18.0. The van der Waals surface area contributed by atoms with E-state index < -0.39 is 11.8 Å². The molecule has 0 unspecified atom stereocenters. The molecule has 31 heavy (non-hydrogen) atoms. The number of nitrogens with one attached hydrogen (secondary N) is 2. The third kappa shape index (κ3) is 5.38. The highest BCUT2D eigenvalue weighted by atomic mass is 16.6. The Morgan fingerprint density at radius 1 is 1.03 bits per heavy atom. The van der Waals surface area contributed by atoms with Gasteiger partial charge in [-0.15, -0.1) is 0 Å². The Hall–Kier alpha value is -3.00. The van der Waals surface area contributed by atoms with E-state index in [-0.39, 0.29) is 0 Å². The molecule has 0 aliphatic carbocycles. The highest BCUT2D eigenvalue weighted by Gasteiger charge is 2.22. The largest absolute Gasteiger partial charge is 0.486 e. The summed E-state index contributed by atoms with van der Waals surface area (Å²) in [5, 5.41) is 5.39. The Morgan fingerprint density at radius 2 is 1.77 bits per heavy atom. The van der Waals surface area contributed by atoms with Crippen LogP contribution in [0, 0.1) is 19.8 Å². The number of carbonyl (C=O) groups excluding carboxylic acids is 2. The molecular weight excluding hydrogens is 398 g/mol. The Morgan fingerprint density at radius 3 is 2.48 bits per heavy atom. The first kappa shape index (κ1) is 21.2. The average molecular weight is 428 g/mol. The van der Waals surface area contributed by atoms with Crippen molar-refractivity contribution in [3.63, 3.8) is 0 Å². The Labute approximate surface area is 181 Å². The standard InChI is InChI=1S/C23H29N3O5/c1-15-11-18(16(2)31-15)14-26-7-5-17(6-8-26)13-24-22(27)23(28)25-19-3-4-20-21(12-19)30-10-9-29-20/h3-4,11-12,17H,5-10,13-14H2,1-2H3,(H,24,27)(H,25,28). The first-order valence-electron chi connectivity index (χ1n) is 10.7. The van der Waals surface area contributed by atoms with E-state index in [2.05, 4.69) is 21.6 Å². The minimum absolute atomic E-state index is 0.370. The third-order valence-corrected chi connectivity index (χ3v) is 5.80. The second-order valence-corrected chi connectivity index (χ2v) is 8.18. The molecule has 8 nitrogen and oxygen atoms in total. The van der Waals surface area contributed by atoms with Crippen molar-refractivity contribution < 1.29 is 23.5 Å². The molecule has 0 saturated carbocycles. The van der Waals surface area contributed by atoms with E-state index in [1.54, 1.807) is 18.2 Å². The third-order valence-electron chi connectivity index (χ3n) is 5.80. The van der Waals surface area contributed by atoms with Gasteiger partial charge in [0.2, 0.25) is 0 Å². The number of carbonyl (C=O) groups is 2. The van der Waals surface area contributed by atoms with Gasteiger partial charge in [-0.2, -0.15) is 0 Å². The number of benzene rings is 1. The number of rotatable bonds is 5. The lowest BCUT2D eigenvalue weighted by Gasteiger charge is -2.31. The Balaban J connectivity index is 1.19. The minimum Gasteiger partial charge on any atom is -0.486 e. The van der Waals surface area contributed by atoms with E-state index in [9.17, 15) is 9.59 Å². The molecule has 4 rings (SSSR count). The van der Waals surface area contributed by atoms with Gasteiger partial charge in [0.15, 0.2) is 11.5 Å². The van der Waals surface area contributed by atoms with Crippen molar-refractivity contribution in [1.29, 1.82) is 0 Å². The zero-order valence-corrected chi connectivity index (χ0v) is 18.0. The molecule has 0 atom stereocenters.